The molecule has 2 atom stereocenters. The van der Waals surface area contributed by atoms with Crippen molar-refractivity contribution in [2.45, 2.75) is 32.5 Å². The fourth-order valence-electron chi connectivity index (χ4n) is 2.36. The van der Waals surface area contributed by atoms with E-state index in [0.717, 1.165) is 32.0 Å². The molecule has 4 nitrogen and oxygen atoms in total. The zero-order valence-corrected chi connectivity index (χ0v) is 11.8. The zero-order valence-electron chi connectivity index (χ0n) is 11.8. The van der Waals surface area contributed by atoms with Crippen LogP contribution in [0.1, 0.15) is 19.4 Å². The van der Waals surface area contributed by atoms with Crippen molar-refractivity contribution in [3.63, 3.8) is 0 Å². The van der Waals surface area contributed by atoms with Gasteiger partial charge in [-0.1, -0.05) is 18.2 Å². The number of benzene rings is 1. The van der Waals surface area contributed by atoms with Gasteiger partial charge in [-0.2, -0.15) is 0 Å². The summed E-state index contributed by atoms with van der Waals surface area (Å²) in [6.07, 6.45) is 0.132. The first kappa shape index (κ1) is 14.3. The third-order valence-electron chi connectivity index (χ3n) is 3.43. The highest BCUT2D eigenvalue weighted by molar-refractivity contribution is 5.33. The lowest BCUT2D eigenvalue weighted by atomic mass is 10.1. The molecule has 1 aliphatic heterocycles. The van der Waals surface area contributed by atoms with Crippen molar-refractivity contribution in [1.29, 1.82) is 0 Å². The van der Waals surface area contributed by atoms with E-state index >= 15 is 0 Å². The van der Waals surface area contributed by atoms with Crippen LogP contribution in [0, 0.1) is 0 Å². The summed E-state index contributed by atoms with van der Waals surface area (Å²) in [6.45, 7) is 8.19. The fourth-order valence-corrected chi connectivity index (χ4v) is 2.36. The number of nitrogens with two attached hydrogens (primary N) is 1. The number of rotatable bonds is 5. The molecule has 1 heterocycles. The van der Waals surface area contributed by atoms with Crippen LogP contribution in [0.3, 0.4) is 0 Å². The second-order valence-electron chi connectivity index (χ2n) is 5.04. The molecule has 2 rings (SSSR count). The lowest BCUT2D eigenvalue weighted by molar-refractivity contribution is -0.0405. The van der Waals surface area contributed by atoms with Crippen molar-refractivity contribution in [3.05, 3.63) is 29.8 Å². The average molecular weight is 264 g/mol. The van der Waals surface area contributed by atoms with Crippen molar-refractivity contribution in [2.75, 3.05) is 26.3 Å². The maximum Gasteiger partial charge on any atom is 0.123 e. The van der Waals surface area contributed by atoms with E-state index in [1.54, 1.807) is 0 Å². The van der Waals surface area contributed by atoms with Gasteiger partial charge in [0.25, 0.3) is 0 Å². The number of morpholine rings is 1. The summed E-state index contributed by atoms with van der Waals surface area (Å²) in [5.41, 5.74) is 7.16. The molecule has 0 aromatic heterocycles. The molecule has 1 aliphatic rings. The third-order valence-corrected chi connectivity index (χ3v) is 3.43. The predicted molar refractivity (Wildman–Crippen MR) is 76.3 cm³/mol. The van der Waals surface area contributed by atoms with Crippen molar-refractivity contribution < 1.29 is 9.47 Å². The summed E-state index contributed by atoms with van der Waals surface area (Å²) in [6, 6.07) is 8.30. The first-order valence-corrected chi connectivity index (χ1v) is 7.01. The summed E-state index contributed by atoms with van der Waals surface area (Å²) in [5.74, 6) is 0.980. The molecular formula is C15H24N2O2. The van der Waals surface area contributed by atoms with Gasteiger partial charge in [-0.25, -0.2) is 0 Å². The Balaban J connectivity index is 2.00. The van der Waals surface area contributed by atoms with Gasteiger partial charge in [0.1, 0.15) is 5.75 Å². The Morgan fingerprint density at radius 1 is 1.47 bits per heavy atom. The molecule has 1 fully saturated rings. The third kappa shape index (κ3) is 3.93. The normalized spacial score (nSPS) is 22.2. The highest BCUT2D eigenvalue weighted by atomic mass is 16.5. The molecule has 0 bridgehead atoms. The second-order valence-corrected chi connectivity index (χ2v) is 5.04. The number of hydrogen-bond donors (Lipinski definition) is 1. The van der Waals surface area contributed by atoms with Gasteiger partial charge >= 0.3 is 0 Å². The van der Waals surface area contributed by atoms with Gasteiger partial charge in [-0.3, -0.25) is 4.90 Å². The first-order valence-electron chi connectivity index (χ1n) is 7.01. The molecule has 4 heteroatoms. The lowest BCUT2D eigenvalue weighted by Crippen LogP contribution is -2.49. The molecule has 0 aliphatic carbocycles. The van der Waals surface area contributed by atoms with Crippen molar-refractivity contribution >= 4 is 0 Å². The van der Waals surface area contributed by atoms with Crippen LogP contribution in [-0.2, 0) is 11.3 Å². The Morgan fingerprint density at radius 2 is 2.26 bits per heavy atom. The maximum atomic E-state index is 5.92. The largest absolute Gasteiger partial charge is 0.494 e. The molecule has 1 saturated heterocycles. The zero-order chi connectivity index (χ0) is 13.7. The molecule has 2 unspecified atom stereocenters. The van der Waals surface area contributed by atoms with Gasteiger partial charge in [0, 0.05) is 31.2 Å². The second kappa shape index (κ2) is 6.89. The van der Waals surface area contributed by atoms with Crippen LogP contribution < -0.4 is 10.5 Å². The summed E-state index contributed by atoms with van der Waals surface area (Å²) >= 11 is 0. The van der Waals surface area contributed by atoms with Crippen molar-refractivity contribution in [3.8, 4) is 5.75 Å². The predicted octanol–water partition coefficient (Wildman–Crippen LogP) is 1.63. The Morgan fingerprint density at radius 3 is 3.00 bits per heavy atom. The minimum atomic E-state index is 0.0740. The maximum absolute atomic E-state index is 5.92. The van der Waals surface area contributed by atoms with Crippen molar-refractivity contribution in [1.82, 2.24) is 4.90 Å². The fraction of sp³-hybridized carbons (Fsp3) is 0.600. The van der Waals surface area contributed by atoms with Crippen LogP contribution in [0.5, 0.6) is 5.75 Å². The van der Waals surface area contributed by atoms with Crippen LogP contribution in [0.15, 0.2) is 24.3 Å². The molecule has 0 saturated carbocycles. The van der Waals surface area contributed by atoms with Gasteiger partial charge in [0.2, 0.25) is 0 Å². The Kier molecular flexibility index (Phi) is 5.19. The van der Waals surface area contributed by atoms with E-state index in [2.05, 4.69) is 17.0 Å². The summed E-state index contributed by atoms with van der Waals surface area (Å²) in [7, 11) is 0. The molecule has 2 N–H and O–H groups in total. The van der Waals surface area contributed by atoms with E-state index in [0.29, 0.717) is 6.61 Å². The Bertz CT molecular complexity index is 395. The van der Waals surface area contributed by atoms with Crippen LogP contribution in [-0.4, -0.2) is 43.3 Å². The SMILES string of the molecule is CCOc1ccccc1CN1CCOC(C(C)N)C1. The topological polar surface area (TPSA) is 47.7 Å². The van der Waals surface area contributed by atoms with E-state index in [4.69, 9.17) is 15.2 Å². The smallest absolute Gasteiger partial charge is 0.123 e. The van der Waals surface area contributed by atoms with Gasteiger partial charge in [0.05, 0.1) is 19.3 Å². The van der Waals surface area contributed by atoms with E-state index in [1.165, 1.54) is 5.56 Å². The van der Waals surface area contributed by atoms with Crippen LogP contribution >= 0.6 is 0 Å². The molecular weight excluding hydrogens is 240 g/mol. The molecule has 19 heavy (non-hydrogen) atoms. The van der Waals surface area contributed by atoms with Crippen LogP contribution in [0.25, 0.3) is 0 Å². The lowest BCUT2D eigenvalue weighted by Gasteiger charge is -2.35. The van der Waals surface area contributed by atoms with Gasteiger partial charge in [-0.05, 0) is 19.9 Å². The minimum Gasteiger partial charge on any atom is -0.494 e. The first-order chi connectivity index (χ1) is 9.20. The monoisotopic (exact) mass is 264 g/mol. The molecule has 0 radical (unpaired) electrons. The summed E-state index contributed by atoms with van der Waals surface area (Å²) < 4.78 is 11.4. The average Bonchev–Trinajstić information content (AvgIpc) is 2.41. The van der Waals surface area contributed by atoms with Crippen LogP contribution in [0.2, 0.25) is 0 Å². The van der Waals surface area contributed by atoms with Gasteiger partial charge in [0.15, 0.2) is 0 Å². The quantitative estimate of drug-likeness (QED) is 0.878. The number of para-hydroxylation sites is 1. The number of hydrogen-bond acceptors (Lipinski definition) is 4. The summed E-state index contributed by atoms with van der Waals surface area (Å²) in [5, 5.41) is 0. The molecule has 1 aromatic carbocycles. The molecule has 106 valence electrons. The van der Waals surface area contributed by atoms with Crippen LogP contribution in [0.4, 0.5) is 0 Å². The standard InChI is InChI=1S/C15H24N2O2/c1-3-18-14-7-5-4-6-13(14)10-17-8-9-19-15(11-17)12(2)16/h4-7,12,15H,3,8-11,16H2,1-2H3. The number of ether oxygens (including phenoxy) is 2. The molecule has 0 spiro atoms. The minimum absolute atomic E-state index is 0.0740. The molecule has 0 amide bonds. The number of nitrogens with zero attached hydrogens (tertiary/aromatic N) is 1. The highest BCUT2D eigenvalue weighted by Crippen LogP contribution is 2.21. The molecule has 1 aromatic rings. The van der Waals surface area contributed by atoms with E-state index in [9.17, 15) is 0 Å². The van der Waals surface area contributed by atoms with E-state index in [1.807, 2.05) is 26.0 Å². The van der Waals surface area contributed by atoms with Gasteiger partial charge < -0.3 is 15.2 Å². The highest BCUT2D eigenvalue weighted by Gasteiger charge is 2.23. The Labute approximate surface area is 115 Å². The van der Waals surface area contributed by atoms with E-state index in [-0.39, 0.29) is 12.1 Å². The van der Waals surface area contributed by atoms with Crippen molar-refractivity contribution in [2.24, 2.45) is 5.73 Å². The van der Waals surface area contributed by atoms with Gasteiger partial charge in [-0.15, -0.1) is 0 Å². The Hall–Kier alpha value is -1.10. The summed E-state index contributed by atoms with van der Waals surface area (Å²) in [4.78, 5) is 2.38. The van der Waals surface area contributed by atoms with E-state index < -0.39 is 0 Å².